The molecule has 6 heteroatoms. The molecule has 0 spiro atoms. The van der Waals surface area contributed by atoms with Gasteiger partial charge in [-0.1, -0.05) is 20.8 Å². The van der Waals surface area contributed by atoms with Crippen molar-refractivity contribution in [2.45, 2.75) is 45.8 Å². The first-order chi connectivity index (χ1) is 11.7. The molecule has 3 rings (SSSR count). The van der Waals surface area contributed by atoms with E-state index in [1.165, 1.54) is 17.0 Å². The molecule has 0 aliphatic carbocycles. The summed E-state index contributed by atoms with van der Waals surface area (Å²) in [6, 6.07) is 3.51. The third kappa shape index (κ3) is 3.58. The van der Waals surface area contributed by atoms with Gasteiger partial charge in [0.2, 0.25) is 5.91 Å². The molecule has 2 N–H and O–H groups in total. The maximum Gasteiger partial charge on any atom is 0.223 e. The smallest absolute Gasteiger partial charge is 0.223 e. The number of likely N-dealkylation sites (tertiary alicyclic amines) is 1. The Bertz CT molecular complexity index is 822. The molecule has 2 heterocycles. The monoisotopic (exact) mass is 346 g/mol. The number of fused-ring (bicyclic) bond motifs is 1. The van der Waals surface area contributed by atoms with Crippen LogP contribution in [-0.2, 0) is 4.79 Å². The van der Waals surface area contributed by atoms with Gasteiger partial charge in [-0.25, -0.2) is 4.39 Å². The van der Waals surface area contributed by atoms with Crippen LogP contribution in [0.25, 0.3) is 10.9 Å². The molecule has 1 saturated heterocycles. The van der Waals surface area contributed by atoms with Crippen molar-refractivity contribution >= 4 is 22.6 Å². The van der Waals surface area contributed by atoms with Gasteiger partial charge in [-0.2, -0.15) is 0 Å². The zero-order chi connectivity index (χ0) is 18.4. The molecular weight excluding hydrogens is 323 g/mol. The Morgan fingerprint density at radius 3 is 2.76 bits per heavy atom. The van der Waals surface area contributed by atoms with Gasteiger partial charge in [0.15, 0.2) is 5.78 Å². The number of β-amino-alcohol motifs (C(OH)–C–C–N with tert-alkyl or cyclic N) is 1. The molecule has 1 aliphatic heterocycles. The van der Waals surface area contributed by atoms with E-state index in [4.69, 9.17) is 0 Å². The first kappa shape index (κ1) is 17.6. The number of nitrogens with one attached hydrogen (secondary N) is 1. The minimum atomic E-state index is -0.708. The average molecular weight is 346 g/mol. The largest absolute Gasteiger partial charge is 0.391 e. The molecule has 5 nitrogen and oxygen atoms in total. The topological polar surface area (TPSA) is 73.4 Å². The summed E-state index contributed by atoms with van der Waals surface area (Å²) in [6.07, 6.45) is 1.37. The molecular formula is C19H23FN2O3. The number of aliphatic hydroxyl groups excluding tert-OH is 1. The minimum Gasteiger partial charge on any atom is -0.391 e. The molecule has 0 saturated carbocycles. The fourth-order valence-corrected chi connectivity index (χ4v) is 3.37. The van der Waals surface area contributed by atoms with E-state index in [9.17, 15) is 19.1 Å². The highest BCUT2D eigenvalue weighted by molar-refractivity contribution is 6.11. The van der Waals surface area contributed by atoms with Crippen molar-refractivity contribution < 1.29 is 19.1 Å². The number of ketones is 1. The number of carbonyl (C=O) groups excluding carboxylic acids is 2. The van der Waals surface area contributed by atoms with Crippen molar-refractivity contribution in [2.24, 2.45) is 5.41 Å². The van der Waals surface area contributed by atoms with Crippen molar-refractivity contribution in [1.82, 2.24) is 9.88 Å². The molecule has 1 fully saturated rings. The summed E-state index contributed by atoms with van der Waals surface area (Å²) in [4.78, 5) is 30.0. The van der Waals surface area contributed by atoms with Crippen LogP contribution in [0, 0.1) is 11.2 Å². The quantitative estimate of drug-likeness (QED) is 0.839. The van der Waals surface area contributed by atoms with Gasteiger partial charge in [0.05, 0.1) is 12.1 Å². The van der Waals surface area contributed by atoms with Crippen LogP contribution in [-0.4, -0.2) is 45.4 Å². The molecule has 2 aromatic rings. The van der Waals surface area contributed by atoms with E-state index in [2.05, 4.69) is 4.98 Å². The second kappa shape index (κ2) is 6.26. The number of aromatic amines is 1. The van der Waals surface area contributed by atoms with Crippen LogP contribution in [0.15, 0.2) is 24.4 Å². The van der Waals surface area contributed by atoms with E-state index >= 15 is 0 Å². The van der Waals surface area contributed by atoms with Gasteiger partial charge in [-0.15, -0.1) is 0 Å². The van der Waals surface area contributed by atoms with E-state index in [0.29, 0.717) is 22.9 Å². The number of rotatable bonds is 3. The minimum absolute atomic E-state index is 0.131. The molecule has 0 radical (unpaired) electrons. The molecule has 1 aliphatic rings. The van der Waals surface area contributed by atoms with Crippen LogP contribution in [0.5, 0.6) is 0 Å². The molecule has 25 heavy (non-hydrogen) atoms. The zero-order valence-electron chi connectivity index (χ0n) is 14.7. The number of Topliss-reactive ketones (excluding diaryl/α,β-unsaturated/α-hetero) is 1. The van der Waals surface area contributed by atoms with Crippen LogP contribution in [0.1, 0.15) is 44.0 Å². The number of benzene rings is 1. The van der Waals surface area contributed by atoms with E-state index < -0.39 is 12.1 Å². The lowest BCUT2D eigenvalue weighted by molar-refractivity contribution is -0.133. The summed E-state index contributed by atoms with van der Waals surface area (Å²) in [5.74, 6) is -0.739. The van der Waals surface area contributed by atoms with Gasteiger partial charge in [-0.05, 0) is 23.6 Å². The van der Waals surface area contributed by atoms with Gasteiger partial charge in [0, 0.05) is 42.0 Å². The van der Waals surface area contributed by atoms with E-state index in [1.807, 2.05) is 20.8 Å². The Morgan fingerprint density at radius 2 is 2.08 bits per heavy atom. The van der Waals surface area contributed by atoms with E-state index in [0.717, 1.165) is 0 Å². The molecule has 0 bridgehead atoms. The number of aliphatic hydroxyl groups is 1. The number of hydrogen-bond acceptors (Lipinski definition) is 3. The first-order valence-corrected chi connectivity index (χ1v) is 8.44. The van der Waals surface area contributed by atoms with E-state index in [1.54, 1.807) is 12.3 Å². The van der Waals surface area contributed by atoms with Crippen LogP contribution in [0.3, 0.4) is 0 Å². The Kier molecular flexibility index (Phi) is 4.41. The number of aromatic nitrogens is 1. The summed E-state index contributed by atoms with van der Waals surface area (Å²) in [5, 5.41) is 10.6. The van der Waals surface area contributed by atoms with Crippen LogP contribution in [0.2, 0.25) is 0 Å². The first-order valence-electron chi connectivity index (χ1n) is 8.44. The van der Waals surface area contributed by atoms with Gasteiger partial charge < -0.3 is 15.0 Å². The lowest BCUT2D eigenvalue weighted by atomic mass is 9.91. The highest BCUT2D eigenvalue weighted by Crippen LogP contribution is 2.29. The zero-order valence-corrected chi connectivity index (χ0v) is 14.7. The average Bonchev–Trinajstić information content (AvgIpc) is 3.08. The lowest BCUT2D eigenvalue weighted by Crippen LogP contribution is -2.42. The number of carbonyl (C=O) groups is 2. The third-order valence-corrected chi connectivity index (χ3v) is 4.49. The Labute approximate surface area is 145 Å². The molecule has 1 amide bonds. The van der Waals surface area contributed by atoms with Gasteiger partial charge in [0.1, 0.15) is 5.82 Å². The molecule has 2 atom stereocenters. The summed E-state index contributed by atoms with van der Waals surface area (Å²) in [7, 11) is 0. The van der Waals surface area contributed by atoms with Crippen molar-refractivity contribution in [3.05, 3.63) is 35.8 Å². The van der Waals surface area contributed by atoms with Gasteiger partial charge >= 0.3 is 0 Å². The predicted molar refractivity (Wildman–Crippen MR) is 92.8 cm³/mol. The maximum atomic E-state index is 13.3. The summed E-state index contributed by atoms with van der Waals surface area (Å²) < 4.78 is 13.3. The molecule has 1 aromatic heterocycles. The van der Waals surface area contributed by atoms with Crippen LogP contribution >= 0.6 is 0 Å². The Morgan fingerprint density at radius 1 is 1.36 bits per heavy atom. The SMILES string of the molecule is CC(C)(C)CC(=O)N1CC(O)CC1C(=O)c1c[nH]c2cc(F)ccc12. The molecule has 2 unspecified atom stereocenters. The highest BCUT2D eigenvalue weighted by atomic mass is 19.1. The number of hydrogen-bond donors (Lipinski definition) is 2. The Balaban J connectivity index is 1.89. The lowest BCUT2D eigenvalue weighted by Gasteiger charge is -2.27. The normalized spacial score (nSPS) is 21.1. The summed E-state index contributed by atoms with van der Waals surface area (Å²) in [5.41, 5.74) is 0.758. The van der Waals surface area contributed by atoms with Crippen molar-refractivity contribution in [1.29, 1.82) is 0 Å². The van der Waals surface area contributed by atoms with Gasteiger partial charge in [0.25, 0.3) is 0 Å². The van der Waals surface area contributed by atoms with E-state index in [-0.39, 0.29) is 35.9 Å². The second-order valence-electron chi connectivity index (χ2n) is 7.95. The predicted octanol–water partition coefficient (Wildman–Crippen LogP) is 2.89. The fraction of sp³-hybridized carbons (Fsp3) is 0.474. The summed E-state index contributed by atoms with van der Waals surface area (Å²) in [6.45, 7) is 6.05. The number of amides is 1. The maximum absolute atomic E-state index is 13.3. The highest BCUT2D eigenvalue weighted by Gasteiger charge is 2.40. The fourth-order valence-electron chi connectivity index (χ4n) is 3.37. The standard InChI is InChI=1S/C19H23FN2O3/c1-19(2,3)8-17(24)22-10-12(23)7-16(22)18(25)14-9-21-15-6-11(20)4-5-13(14)15/h4-6,9,12,16,21,23H,7-8,10H2,1-3H3. The van der Waals surface area contributed by atoms with Gasteiger partial charge in [-0.3, -0.25) is 9.59 Å². The van der Waals surface area contributed by atoms with Crippen molar-refractivity contribution in [3.8, 4) is 0 Å². The molecule has 134 valence electrons. The number of nitrogens with zero attached hydrogens (tertiary/aromatic N) is 1. The second-order valence-corrected chi connectivity index (χ2v) is 7.95. The number of halogens is 1. The van der Waals surface area contributed by atoms with Crippen molar-refractivity contribution in [3.63, 3.8) is 0 Å². The molecule has 1 aromatic carbocycles. The Hall–Kier alpha value is -2.21. The third-order valence-electron chi connectivity index (χ3n) is 4.49. The van der Waals surface area contributed by atoms with Crippen LogP contribution < -0.4 is 0 Å². The van der Waals surface area contributed by atoms with Crippen LogP contribution in [0.4, 0.5) is 4.39 Å². The summed E-state index contributed by atoms with van der Waals surface area (Å²) >= 11 is 0. The van der Waals surface area contributed by atoms with Crippen molar-refractivity contribution in [2.75, 3.05) is 6.54 Å². The number of H-pyrrole nitrogens is 1.